The number of amides is 1. The fourth-order valence-electron chi connectivity index (χ4n) is 3.34. The fraction of sp³-hybridized carbons (Fsp3) is 0.409. The fourth-order valence-corrected chi connectivity index (χ4v) is 4.93. The number of hydrogen-bond acceptors (Lipinski definition) is 4. The third-order valence-corrected chi connectivity index (χ3v) is 6.96. The molecule has 0 bridgehead atoms. The molecule has 1 aliphatic rings. The van der Waals surface area contributed by atoms with Crippen molar-refractivity contribution in [3.05, 3.63) is 59.7 Å². The molecule has 0 atom stereocenters. The van der Waals surface area contributed by atoms with Crippen LogP contribution in [0, 0.1) is 0 Å². The molecule has 0 unspecified atom stereocenters. The second kappa shape index (κ2) is 10.0. The largest absolute Gasteiger partial charge is 0.379 e. The maximum atomic E-state index is 13.0. The van der Waals surface area contributed by atoms with Crippen LogP contribution >= 0.6 is 0 Å². The molecule has 2 aromatic carbocycles. The summed E-state index contributed by atoms with van der Waals surface area (Å²) in [6, 6.07) is 14.1. The van der Waals surface area contributed by atoms with Gasteiger partial charge in [0.25, 0.3) is 5.91 Å². The van der Waals surface area contributed by atoms with E-state index in [2.05, 4.69) is 12.2 Å². The Morgan fingerprint density at radius 2 is 1.72 bits per heavy atom. The maximum Gasteiger partial charge on any atom is 0.257 e. The molecule has 0 spiro atoms. The number of aryl methyl sites for hydroxylation is 1. The predicted octanol–water partition coefficient (Wildman–Crippen LogP) is 3.69. The number of sulfonamides is 1. The summed E-state index contributed by atoms with van der Waals surface area (Å²) in [6.45, 7) is 3.47. The number of nitrogens with one attached hydrogen (secondary N) is 1. The van der Waals surface area contributed by atoms with Gasteiger partial charge in [-0.3, -0.25) is 4.79 Å². The summed E-state index contributed by atoms with van der Waals surface area (Å²) in [7, 11) is -3.76. The molecular weight excluding hydrogens is 388 g/mol. The zero-order valence-electron chi connectivity index (χ0n) is 16.8. The summed E-state index contributed by atoms with van der Waals surface area (Å²) in [6.07, 6.45) is 4.55. The molecule has 7 heteroatoms. The minimum Gasteiger partial charge on any atom is -0.379 e. The zero-order chi connectivity index (χ0) is 20.7. The van der Waals surface area contributed by atoms with Gasteiger partial charge in [-0.2, -0.15) is 4.31 Å². The van der Waals surface area contributed by atoms with Gasteiger partial charge in [0.2, 0.25) is 10.0 Å². The summed E-state index contributed by atoms with van der Waals surface area (Å²) >= 11 is 0. The van der Waals surface area contributed by atoms with Crippen LogP contribution in [0.25, 0.3) is 0 Å². The van der Waals surface area contributed by atoms with Crippen molar-refractivity contribution in [3.8, 4) is 0 Å². The van der Waals surface area contributed by atoms with Crippen LogP contribution in [0.5, 0.6) is 0 Å². The highest BCUT2D eigenvalue weighted by molar-refractivity contribution is 7.89. The molecule has 0 aliphatic carbocycles. The van der Waals surface area contributed by atoms with Crippen molar-refractivity contribution in [2.24, 2.45) is 0 Å². The molecule has 29 heavy (non-hydrogen) atoms. The van der Waals surface area contributed by atoms with E-state index in [4.69, 9.17) is 4.74 Å². The molecule has 1 amide bonds. The Balaban J connectivity index is 1.75. The third-order valence-electron chi connectivity index (χ3n) is 5.00. The first kappa shape index (κ1) is 21.5. The number of hydrogen-bond donors (Lipinski definition) is 1. The van der Waals surface area contributed by atoms with Gasteiger partial charge in [-0.05, 0) is 42.7 Å². The lowest BCUT2D eigenvalue weighted by Gasteiger charge is -2.26. The Labute approximate surface area is 172 Å². The van der Waals surface area contributed by atoms with E-state index in [1.165, 1.54) is 28.8 Å². The molecule has 1 aliphatic heterocycles. The van der Waals surface area contributed by atoms with Crippen LogP contribution in [-0.4, -0.2) is 44.9 Å². The second-order valence-corrected chi connectivity index (χ2v) is 9.03. The Hall–Kier alpha value is -2.22. The lowest BCUT2D eigenvalue weighted by Crippen LogP contribution is -2.41. The lowest BCUT2D eigenvalue weighted by molar-refractivity contribution is 0.0730. The van der Waals surface area contributed by atoms with Crippen molar-refractivity contribution >= 4 is 21.6 Å². The van der Waals surface area contributed by atoms with Gasteiger partial charge >= 0.3 is 0 Å². The van der Waals surface area contributed by atoms with Crippen LogP contribution in [0.15, 0.2) is 53.4 Å². The van der Waals surface area contributed by atoms with E-state index in [-0.39, 0.29) is 23.5 Å². The van der Waals surface area contributed by atoms with Gasteiger partial charge in [0.05, 0.1) is 23.7 Å². The number of anilines is 1. The molecule has 1 saturated heterocycles. The molecule has 0 aromatic heterocycles. The smallest absolute Gasteiger partial charge is 0.257 e. The molecule has 2 aromatic rings. The van der Waals surface area contributed by atoms with Gasteiger partial charge in [0.15, 0.2) is 0 Å². The quantitative estimate of drug-likeness (QED) is 0.666. The Morgan fingerprint density at radius 1 is 1.03 bits per heavy atom. The van der Waals surface area contributed by atoms with Crippen LogP contribution in [0.2, 0.25) is 0 Å². The normalized spacial score (nSPS) is 15.2. The summed E-state index contributed by atoms with van der Waals surface area (Å²) < 4.78 is 32.7. The minimum absolute atomic E-state index is 0.0237. The zero-order valence-corrected chi connectivity index (χ0v) is 17.6. The molecule has 1 N–H and O–H groups in total. The average Bonchev–Trinajstić information content (AvgIpc) is 2.76. The maximum absolute atomic E-state index is 13.0. The van der Waals surface area contributed by atoms with Crippen LogP contribution in [0.4, 0.5) is 5.69 Å². The van der Waals surface area contributed by atoms with Crippen LogP contribution in [0.1, 0.15) is 42.1 Å². The monoisotopic (exact) mass is 416 g/mol. The molecule has 6 nitrogen and oxygen atoms in total. The van der Waals surface area contributed by atoms with Crippen LogP contribution in [-0.2, 0) is 21.2 Å². The number of unbranched alkanes of at least 4 members (excludes halogenated alkanes) is 2. The first-order chi connectivity index (χ1) is 14.0. The van der Waals surface area contributed by atoms with Gasteiger partial charge in [0, 0.05) is 18.8 Å². The van der Waals surface area contributed by atoms with Gasteiger partial charge in [0.1, 0.15) is 0 Å². The van der Waals surface area contributed by atoms with E-state index in [0.29, 0.717) is 18.9 Å². The summed E-state index contributed by atoms with van der Waals surface area (Å²) in [5.74, 6) is -0.434. The van der Waals surface area contributed by atoms with E-state index in [9.17, 15) is 13.2 Å². The van der Waals surface area contributed by atoms with E-state index < -0.39 is 15.9 Å². The topological polar surface area (TPSA) is 75.7 Å². The first-order valence-corrected chi connectivity index (χ1v) is 11.5. The average molecular weight is 417 g/mol. The Bertz CT molecular complexity index is 920. The van der Waals surface area contributed by atoms with Gasteiger partial charge in [-0.1, -0.05) is 44.0 Å². The molecule has 1 fully saturated rings. The van der Waals surface area contributed by atoms with Crippen molar-refractivity contribution in [1.29, 1.82) is 0 Å². The molecule has 1 heterocycles. The highest BCUT2D eigenvalue weighted by atomic mass is 32.2. The highest BCUT2D eigenvalue weighted by Gasteiger charge is 2.30. The third kappa shape index (κ3) is 5.44. The van der Waals surface area contributed by atoms with Crippen LogP contribution in [0.3, 0.4) is 0 Å². The second-order valence-electron chi connectivity index (χ2n) is 7.12. The Kier molecular flexibility index (Phi) is 7.41. The lowest BCUT2D eigenvalue weighted by atomic mass is 10.1. The van der Waals surface area contributed by atoms with Crippen molar-refractivity contribution in [2.45, 2.75) is 37.5 Å². The standard InChI is InChI=1S/C22H28N2O4S/c1-2-3-4-7-18-10-12-19(13-11-18)23-22(25)20-8-5-6-9-21(20)29(26,27)24-14-16-28-17-15-24/h5-6,8-13H,2-4,7,14-17H2,1H3,(H,23,25). The van der Waals surface area contributed by atoms with Crippen molar-refractivity contribution < 1.29 is 17.9 Å². The number of carbonyl (C=O) groups excluding carboxylic acids is 1. The van der Waals surface area contributed by atoms with Crippen molar-refractivity contribution in [1.82, 2.24) is 4.31 Å². The number of benzene rings is 2. The van der Waals surface area contributed by atoms with Crippen molar-refractivity contribution in [3.63, 3.8) is 0 Å². The number of ether oxygens (including phenoxy) is 1. The van der Waals surface area contributed by atoms with Crippen LogP contribution < -0.4 is 5.32 Å². The van der Waals surface area contributed by atoms with Crippen molar-refractivity contribution in [2.75, 3.05) is 31.6 Å². The van der Waals surface area contributed by atoms with E-state index in [1.54, 1.807) is 18.2 Å². The van der Waals surface area contributed by atoms with E-state index in [0.717, 1.165) is 12.8 Å². The first-order valence-electron chi connectivity index (χ1n) is 10.1. The number of carbonyl (C=O) groups is 1. The molecular formula is C22H28N2O4S. The molecule has 156 valence electrons. The van der Waals surface area contributed by atoms with Gasteiger partial charge < -0.3 is 10.1 Å². The molecule has 0 saturated carbocycles. The number of morpholine rings is 1. The molecule has 3 rings (SSSR count). The van der Waals surface area contributed by atoms with Gasteiger partial charge in [-0.25, -0.2) is 8.42 Å². The SMILES string of the molecule is CCCCCc1ccc(NC(=O)c2ccccc2S(=O)(=O)N2CCOCC2)cc1. The summed E-state index contributed by atoms with van der Waals surface area (Å²) in [4.78, 5) is 12.9. The highest BCUT2D eigenvalue weighted by Crippen LogP contribution is 2.22. The number of rotatable bonds is 8. The summed E-state index contributed by atoms with van der Waals surface area (Å²) in [5.41, 5.74) is 2.02. The molecule has 0 radical (unpaired) electrons. The summed E-state index contributed by atoms with van der Waals surface area (Å²) in [5, 5.41) is 2.82. The van der Waals surface area contributed by atoms with E-state index >= 15 is 0 Å². The Morgan fingerprint density at radius 3 is 2.41 bits per heavy atom. The van der Waals surface area contributed by atoms with E-state index in [1.807, 2.05) is 24.3 Å². The van der Waals surface area contributed by atoms with Gasteiger partial charge in [-0.15, -0.1) is 0 Å². The minimum atomic E-state index is -3.76. The number of nitrogens with zero attached hydrogens (tertiary/aromatic N) is 1. The predicted molar refractivity (Wildman–Crippen MR) is 114 cm³/mol.